The number of para-hydroxylation sites is 1. The van der Waals surface area contributed by atoms with Gasteiger partial charge in [-0.05, 0) is 19.4 Å². The van der Waals surface area contributed by atoms with Crippen molar-refractivity contribution >= 4 is 23.1 Å². The monoisotopic (exact) mass is 383 g/mol. The first-order valence-electron chi connectivity index (χ1n) is 9.00. The molecule has 0 amide bonds. The van der Waals surface area contributed by atoms with Crippen LogP contribution in [0.3, 0.4) is 0 Å². The van der Waals surface area contributed by atoms with Crippen molar-refractivity contribution in [3.05, 3.63) is 68.1 Å². The van der Waals surface area contributed by atoms with Crippen LogP contribution in [0.2, 0.25) is 0 Å². The number of nitro benzene ring substituents is 1. The molecular formula is C20H21N3O5. The van der Waals surface area contributed by atoms with Gasteiger partial charge in [0.15, 0.2) is 0 Å². The summed E-state index contributed by atoms with van der Waals surface area (Å²) in [7, 11) is 1.25. The zero-order valence-electron chi connectivity index (χ0n) is 15.9. The van der Waals surface area contributed by atoms with E-state index in [9.17, 15) is 19.7 Å². The lowest BCUT2D eigenvalue weighted by atomic mass is 9.76. The Morgan fingerprint density at radius 3 is 2.68 bits per heavy atom. The quantitative estimate of drug-likeness (QED) is 0.448. The summed E-state index contributed by atoms with van der Waals surface area (Å²) in [6.45, 7) is 4.12. The summed E-state index contributed by atoms with van der Waals surface area (Å²) in [5.41, 5.74) is 1.02. The maximum absolute atomic E-state index is 13.2. The van der Waals surface area contributed by atoms with E-state index in [4.69, 9.17) is 4.74 Å². The Balaban J connectivity index is 2.36. The molecule has 2 unspecified atom stereocenters. The number of pyridine rings is 1. The van der Waals surface area contributed by atoms with E-state index in [1.807, 2.05) is 6.92 Å². The number of ether oxygens (including phenoxy) is 1. The van der Waals surface area contributed by atoms with Crippen molar-refractivity contribution in [3.63, 3.8) is 0 Å². The number of aryl methyl sites for hydroxylation is 1. The van der Waals surface area contributed by atoms with E-state index >= 15 is 0 Å². The smallest absolute Gasteiger partial charge is 0.315 e. The van der Waals surface area contributed by atoms with Crippen molar-refractivity contribution in [2.45, 2.75) is 32.7 Å². The summed E-state index contributed by atoms with van der Waals surface area (Å²) < 4.78 is 6.49. The largest absolute Gasteiger partial charge is 0.468 e. The zero-order chi connectivity index (χ0) is 20.4. The van der Waals surface area contributed by atoms with Crippen molar-refractivity contribution < 1.29 is 14.5 Å². The van der Waals surface area contributed by atoms with Gasteiger partial charge < -0.3 is 9.30 Å². The molecule has 146 valence electrons. The van der Waals surface area contributed by atoms with E-state index in [0.717, 1.165) is 6.42 Å². The molecule has 3 rings (SSSR count). The number of aromatic nitrogens is 1. The van der Waals surface area contributed by atoms with Gasteiger partial charge in [-0.3, -0.25) is 24.7 Å². The zero-order valence-corrected chi connectivity index (χ0v) is 15.9. The summed E-state index contributed by atoms with van der Waals surface area (Å²) in [4.78, 5) is 41.4. The van der Waals surface area contributed by atoms with Gasteiger partial charge in [0, 0.05) is 36.0 Å². The Morgan fingerprint density at radius 2 is 2.04 bits per heavy atom. The normalized spacial score (nSPS) is 18.2. The molecule has 1 aromatic carbocycles. The van der Waals surface area contributed by atoms with E-state index in [0.29, 0.717) is 23.5 Å². The number of hydrogen-bond donors (Lipinski definition) is 0. The third-order valence-corrected chi connectivity index (χ3v) is 4.96. The third-order valence-electron chi connectivity index (χ3n) is 4.96. The van der Waals surface area contributed by atoms with Crippen molar-refractivity contribution in [1.82, 2.24) is 4.57 Å². The number of nitro groups is 1. The Morgan fingerprint density at radius 1 is 1.32 bits per heavy atom. The predicted octanol–water partition coefficient (Wildman–Crippen LogP) is 3.19. The molecule has 8 heteroatoms. The summed E-state index contributed by atoms with van der Waals surface area (Å²) in [6.07, 6.45) is 2.41. The Kier molecular flexibility index (Phi) is 5.39. The molecule has 0 aliphatic carbocycles. The minimum atomic E-state index is -0.913. The van der Waals surface area contributed by atoms with Crippen LogP contribution in [-0.4, -0.2) is 28.3 Å². The minimum absolute atomic E-state index is 0.146. The average Bonchev–Trinajstić information content (AvgIpc) is 2.68. The predicted molar refractivity (Wildman–Crippen MR) is 104 cm³/mol. The lowest BCUT2D eigenvalue weighted by molar-refractivity contribution is -0.385. The minimum Gasteiger partial charge on any atom is -0.468 e. The van der Waals surface area contributed by atoms with Crippen molar-refractivity contribution in [1.29, 1.82) is 0 Å². The van der Waals surface area contributed by atoms with E-state index in [1.165, 1.54) is 13.2 Å². The van der Waals surface area contributed by atoms with Crippen LogP contribution in [0.5, 0.6) is 0 Å². The molecule has 28 heavy (non-hydrogen) atoms. The van der Waals surface area contributed by atoms with Gasteiger partial charge in [-0.15, -0.1) is 0 Å². The fraction of sp³-hybridized carbons (Fsp3) is 0.350. The summed E-state index contributed by atoms with van der Waals surface area (Å²) in [6, 6.07) is 7.88. The molecule has 0 saturated heterocycles. The molecule has 2 atom stereocenters. The molecule has 0 N–H and O–H groups in total. The van der Waals surface area contributed by atoms with Gasteiger partial charge in [0.1, 0.15) is 5.92 Å². The second-order valence-corrected chi connectivity index (χ2v) is 6.66. The van der Waals surface area contributed by atoms with E-state index in [1.54, 1.807) is 42.0 Å². The van der Waals surface area contributed by atoms with Gasteiger partial charge >= 0.3 is 5.97 Å². The SMILES string of the molecule is CCCn1ccc2c(c1=O)C(c1ccccc1[N+](=O)[O-])C(C(=O)OC)C(C)=N2. The number of hydrogen-bond acceptors (Lipinski definition) is 6. The number of fused-ring (bicyclic) bond motifs is 1. The first kappa shape index (κ1) is 19.5. The van der Waals surface area contributed by atoms with Gasteiger partial charge in [-0.2, -0.15) is 0 Å². The molecule has 2 aromatic rings. The standard InChI is InChI=1S/C20H21N3O5/c1-4-10-22-11-9-14-18(19(22)24)17(16(12(2)21-14)20(25)28-3)13-7-5-6-8-15(13)23(26)27/h5-9,11,16-17H,4,10H2,1-3H3. The number of carbonyl (C=O) groups excluding carboxylic acids is 1. The molecule has 1 aromatic heterocycles. The summed E-state index contributed by atoms with van der Waals surface area (Å²) in [5.74, 6) is -2.34. The number of aliphatic imine (C=N–C) groups is 1. The first-order valence-corrected chi connectivity index (χ1v) is 9.00. The molecule has 0 radical (unpaired) electrons. The molecule has 0 saturated carbocycles. The number of methoxy groups -OCH3 is 1. The summed E-state index contributed by atoms with van der Waals surface area (Å²) >= 11 is 0. The Bertz CT molecular complexity index is 1020. The molecule has 2 heterocycles. The van der Waals surface area contributed by atoms with Crippen molar-refractivity contribution in [2.75, 3.05) is 7.11 Å². The fourth-order valence-corrected chi connectivity index (χ4v) is 3.74. The van der Waals surface area contributed by atoms with Crippen LogP contribution in [-0.2, 0) is 16.1 Å². The lowest BCUT2D eigenvalue weighted by Crippen LogP contribution is -2.37. The van der Waals surface area contributed by atoms with Crippen LogP contribution in [0.25, 0.3) is 0 Å². The lowest BCUT2D eigenvalue weighted by Gasteiger charge is -2.30. The number of benzene rings is 1. The molecule has 1 aliphatic rings. The second kappa shape index (κ2) is 7.75. The molecule has 1 aliphatic heterocycles. The number of esters is 1. The van der Waals surface area contributed by atoms with Gasteiger partial charge in [-0.1, -0.05) is 25.1 Å². The maximum Gasteiger partial charge on any atom is 0.315 e. The second-order valence-electron chi connectivity index (χ2n) is 6.66. The van der Waals surface area contributed by atoms with Gasteiger partial charge in [0.25, 0.3) is 11.2 Å². The molecule has 0 fully saturated rings. The highest BCUT2D eigenvalue weighted by molar-refractivity contribution is 6.05. The fourth-order valence-electron chi connectivity index (χ4n) is 3.74. The van der Waals surface area contributed by atoms with Gasteiger partial charge in [0.2, 0.25) is 0 Å². The number of rotatable bonds is 5. The first-order chi connectivity index (χ1) is 13.4. The van der Waals surface area contributed by atoms with Crippen LogP contribution in [0, 0.1) is 16.0 Å². The van der Waals surface area contributed by atoms with Crippen molar-refractivity contribution in [2.24, 2.45) is 10.9 Å². The van der Waals surface area contributed by atoms with E-state index < -0.39 is 22.7 Å². The van der Waals surface area contributed by atoms with Crippen LogP contribution in [0.1, 0.15) is 37.3 Å². The van der Waals surface area contributed by atoms with Crippen LogP contribution in [0.15, 0.2) is 46.3 Å². The van der Waals surface area contributed by atoms with Crippen LogP contribution < -0.4 is 5.56 Å². The average molecular weight is 383 g/mol. The topological polar surface area (TPSA) is 104 Å². The van der Waals surface area contributed by atoms with Crippen LogP contribution >= 0.6 is 0 Å². The summed E-state index contributed by atoms with van der Waals surface area (Å²) in [5, 5.41) is 11.6. The highest BCUT2D eigenvalue weighted by atomic mass is 16.6. The van der Waals surface area contributed by atoms with E-state index in [-0.39, 0.29) is 16.8 Å². The highest BCUT2D eigenvalue weighted by Gasteiger charge is 2.42. The van der Waals surface area contributed by atoms with Crippen LogP contribution in [0.4, 0.5) is 11.4 Å². The van der Waals surface area contributed by atoms with Gasteiger partial charge in [-0.25, -0.2) is 0 Å². The number of carbonyl (C=O) groups is 1. The number of nitrogens with zero attached hydrogens (tertiary/aromatic N) is 3. The molecule has 8 nitrogen and oxygen atoms in total. The van der Waals surface area contributed by atoms with Gasteiger partial charge in [0.05, 0.1) is 23.3 Å². The Hall–Kier alpha value is -3.29. The van der Waals surface area contributed by atoms with Crippen molar-refractivity contribution in [3.8, 4) is 0 Å². The third kappa shape index (κ3) is 3.21. The molecule has 0 spiro atoms. The van der Waals surface area contributed by atoms with E-state index in [2.05, 4.69) is 4.99 Å². The maximum atomic E-state index is 13.2. The molecular weight excluding hydrogens is 362 g/mol. The highest BCUT2D eigenvalue weighted by Crippen LogP contribution is 2.43. The Labute approximate surface area is 161 Å². The molecule has 0 bridgehead atoms.